The first-order chi connectivity index (χ1) is 10.9. The Bertz CT molecular complexity index is 756. The van der Waals surface area contributed by atoms with Gasteiger partial charge >= 0.3 is 0 Å². The number of fused-ring (bicyclic) bond motifs is 1. The van der Waals surface area contributed by atoms with Crippen LogP contribution in [0.4, 0.5) is 0 Å². The van der Waals surface area contributed by atoms with Crippen LogP contribution in [0.3, 0.4) is 0 Å². The Morgan fingerprint density at radius 1 is 1.05 bits per heavy atom. The van der Waals surface area contributed by atoms with Crippen LogP contribution in [0.5, 0.6) is 0 Å². The highest BCUT2D eigenvalue weighted by Crippen LogP contribution is 2.36. The SMILES string of the molecule is c1ccc2c(C3(Cn4ccnc4)OCCCO3)cccc2c1. The molecule has 0 aliphatic carbocycles. The van der Waals surface area contributed by atoms with Crippen molar-refractivity contribution >= 4 is 10.8 Å². The Morgan fingerprint density at radius 2 is 1.86 bits per heavy atom. The van der Waals surface area contributed by atoms with Crippen LogP contribution in [0.15, 0.2) is 61.2 Å². The van der Waals surface area contributed by atoms with Crippen LogP contribution >= 0.6 is 0 Å². The van der Waals surface area contributed by atoms with Gasteiger partial charge in [-0.3, -0.25) is 0 Å². The van der Waals surface area contributed by atoms with Gasteiger partial charge in [-0.25, -0.2) is 4.98 Å². The topological polar surface area (TPSA) is 36.3 Å². The molecule has 4 heteroatoms. The van der Waals surface area contributed by atoms with E-state index in [4.69, 9.17) is 9.47 Å². The first-order valence-electron chi connectivity index (χ1n) is 7.59. The number of imidazole rings is 1. The summed E-state index contributed by atoms with van der Waals surface area (Å²) < 4.78 is 14.3. The summed E-state index contributed by atoms with van der Waals surface area (Å²) in [5, 5.41) is 2.37. The van der Waals surface area contributed by atoms with Gasteiger partial charge < -0.3 is 14.0 Å². The van der Waals surface area contributed by atoms with E-state index in [1.807, 2.05) is 10.8 Å². The standard InChI is InChI=1S/C18H18N2O2/c1-2-7-16-15(5-1)6-3-8-17(16)18(21-11-4-12-22-18)13-20-10-9-19-14-20/h1-3,5-10,14H,4,11-13H2. The summed E-state index contributed by atoms with van der Waals surface area (Å²) in [6, 6.07) is 14.6. The third kappa shape index (κ3) is 2.30. The van der Waals surface area contributed by atoms with Gasteiger partial charge in [-0.1, -0.05) is 42.5 Å². The van der Waals surface area contributed by atoms with Crippen LogP contribution in [0.1, 0.15) is 12.0 Å². The lowest BCUT2D eigenvalue weighted by molar-refractivity contribution is -0.282. The molecule has 0 N–H and O–H groups in total. The van der Waals surface area contributed by atoms with Crippen molar-refractivity contribution in [3.8, 4) is 0 Å². The van der Waals surface area contributed by atoms with E-state index in [-0.39, 0.29) is 0 Å². The second-order valence-electron chi connectivity index (χ2n) is 5.57. The minimum atomic E-state index is -0.750. The molecule has 2 aromatic carbocycles. The zero-order chi connectivity index (χ0) is 14.8. The minimum absolute atomic E-state index is 0.598. The second-order valence-corrected chi connectivity index (χ2v) is 5.57. The Balaban J connectivity index is 1.85. The number of hydrogen-bond donors (Lipinski definition) is 0. The summed E-state index contributed by atoms with van der Waals surface area (Å²) >= 11 is 0. The van der Waals surface area contributed by atoms with E-state index in [2.05, 4.69) is 47.4 Å². The molecular formula is C18H18N2O2. The molecule has 4 nitrogen and oxygen atoms in total. The zero-order valence-corrected chi connectivity index (χ0v) is 12.3. The predicted molar refractivity (Wildman–Crippen MR) is 84.4 cm³/mol. The van der Waals surface area contributed by atoms with Gasteiger partial charge in [0.1, 0.15) is 0 Å². The van der Waals surface area contributed by atoms with E-state index in [1.54, 1.807) is 12.5 Å². The van der Waals surface area contributed by atoms with Gasteiger partial charge in [0.05, 0.1) is 26.1 Å². The molecule has 0 atom stereocenters. The number of rotatable bonds is 3. The van der Waals surface area contributed by atoms with Gasteiger partial charge in [0.2, 0.25) is 5.79 Å². The molecule has 1 aromatic heterocycles. The van der Waals surface area contributed by atoms with E-state index in [1.165, 1.54) is 10.8 Å². The molecule has 0 radical (unpaired) electrons. The van der Waals surface area contributed by atoms with Crippen LogP contribution in [0.25, 0.3) is 10.8 Å². The summed E-state index contributed by atoms with van der Waals surface area (Å²) in [6.07, 6.45) is 6.44. The maximum absolute atomic E-state index is 6.16. The molecule has 1 saturated heterocycles. The number of benzene rings is 2. The third-order valence-corrected chi connectivity index (χ3v) is 4.11. The number of hydrogen-bond acceptors (Lipinski definition) is 3. The molecule has 22 heavy (non-hydrogen) atoms. The molecule has 0 spiro atoms. The lowest BCUT2D eigenvalue weighted by Gasteiger charge is -2.38. The van der Waals surface area contributed by atoms with E-state index in [9.17, 15) is 0 Å². The van der Waals surface area contributed by atoms with E-state index in [0.717, 1.165) is 12.0 Å². The third-order valence-electron chi connectivity index (χ3n) is 4.11. The minimum Gasteiger partial charge on any atom is -0.344 e. The zero-order valence-electron chi connectivity index (χ0n) is 12.3. The monoisotopic (exact) mass is 294 g/mol. The quantitative estimate of drug-likeness (QED) is 0.743. The summed E-state index contributed by atoms with van der Waals surface area (Å²) in [5.74, 6) is -0.750. The number of ether oxygens (including phenoxy) is 2. The first kappa shape index (κ1) is 13.5. The Morgan fingerprint density at radius 3 is 2.68 bits per heavy atom. The molecule has 0 bridgehead atoms. The fraction of sp³-hybridized carbons (Fsp3) is 0.278. The fourth-order valence-corrected chi connectivity index (χ4v) is 3.08. The highest BCUT2D eigenvalue weighted by Gasteiger charge is 2.38. The lowest BCUT2D eigenvalue weighted by atomic mass is 9.97. The maximum atomic E-state index is 6.16. The van der Waals surface area contributed by atoms with Crippen molar-refractivity contribution in [2.24, 2.45) is 0 Å². The van der Waals surface area contributed by atoms with E-state index in [0.29, 0.717) is 19.8 Å². The highest BCUT2D eigenvalue weighted by atomic mass is 16.7. The molecule has 112 valence electrons. The molecule has 1 aliphatic rings. The first-order valence-corrected chi connectivity index (χ1v) is 7.59. The molecule has 1 fully saturated rings. The van der Waals surface area contributed by atoms with Gasteiger partial charge in [-0.05, 0) is 17.2 Å². The van der Waals surface area contributed by atoms with Crippen molar-refractivity contribution in [3.63, 3.8) is 0 Å². The molecule has 3 aromatic rings. The van der Waals surface area contributed by atoms with Crippen LogP contribution in [0, 0.1) is 0 Å². The summed E-state index contributed by atoms with van der Waals surface area (Å²) in [6.45, 7) is 2.01. The van der Waals surface area contributed by atoms with Crippen molar-refractivity contribution in [1.29, 1.82) is 0 Å². The van der Waals surface area contributed by atoms with Crippen molar-refractivity contribution in [2.45, 2.75) is 18.8 Å². The molecule has 0 unspecified atom stereocenters. The molecule has 1 aliphatic heterocycles. The van der Waals surface area contributed by atoms with Crippen molar-refractivity contribution in [1.82, 2.24) is 9.55 Å². The van der Waals surface area contributed by atoms with Crippen molar-refractivity contribution in [2.75, 3.05) is 13.2 Å². The molecule has 0 saturated carbocycles. The van der Waals surface area contributed by atoms with Gasteiger partial charge in [-0.15, -0.1) is 0 Å². The van der Waals surface area contributed by atoms with E-state index < -0.39 is 5.79 Å². The second kappa shape index (κ2) is 5.55. The molecule has 2 heterocycles. The Kier molecular flexibility index (Phi) is 3.41. The van der Waals surface area contributed by atoms with Gasteiger partial charge in [0.15, 0.2) is 0 Å². The number of aromatic nitrogens is 2. The van der Waals surface area contributed by atoms with Gasteiger partial charge in [0, 0.05) is 18.0 Å². The lowest BCUT2D eigenvalue weighted by Crippen LogP contribution is -2.41. The predicted octanol–water partition coefficient (Wildman–Crippen LogP) is 3.33. The van der Waals surface area contributed by atoms with Gasteiger partial charge in [0.25, 0.3) is 0 Å². The summed E-state index contributed by atoms with van der Waals surface area (Å²) in [5.41, 5.74) is 1.08. The van der Waals surface area contributed by atoms with Crippen LogP contribution in [-0.4, -0.2) is 22.8 Å². The molecule has 0 amide bonds. The molecule has 4 rings (SSSR count). The highest BCUT2D eigenvalue weighted by molar-refractivity contribution is 5.86. The van der Waals surface area contributed by atoms with Crippen LogP contribution < -0.4 is 0 Å². The maximum Gasteiger partial charge on any atom is 0.214 e. The summed E-state index contributed by atoms with van der Waals surface area (Å²) in [4.78, 5) is 4.13. The van der Waals surface area contributed by atoms with Crippen LogP contribution in [0.2, 0.25) is 0 Å². The Hall–Kier alpha value is -2.17. The van der Waals surface area contributed by atoms with E-state index >= 15 is 0 Å². The fourth-order valence-electron chi connectivity index (χ4n) is 3.08. The Labute approximate surface area is 129 Å². The summed E-state index contributed by atoms with van der Waals surface area (Å²) in [7, 11) is 0. The average molecular weight is 294 g/mol. The van der Waals surface area contributed by atoms with Gasteiger partial charge in [-0.2, -0.15) is 0 Å². The van der Waals surface area contributed by atoms with Crippen LogP contribution in [-0.2, 0) is 21.8 Å². The normalized spacial score (nSPS) is 17.6. The molecular weight excluding hydrogens is 276 g/mol. The number of nitrogens with zero attached hydrogens (tertiary/aromatic N) is 2. The van der Waals surface area contributed by atoms with Crippen molar-refractivity contribution in [3.05, 3.63) is 66.7 Å². The van der Waals surface area contributed by atoms with Crippen molar-refractivity contribution < 1.29 is 9.47 Å². The average Bonchev–Trinajstić information content (AvgIpc) is 3.08. The largest absolute Gasteiger partial charge is 0.344 e. The smallest absolute Gasteiger partial charge is 0.214 e.